The van der Waals surface area contributed by atoms with E-state index in [1.165, 1.54) is 0 Å². The van der Waals surface area contributed by atoms with Crippen LogP contribution in [0.4, 0.5) is 28.8 Å². The zero-order valence-corrected chi connectivity index (χ0v) is 16.3. The number of hydrogen-bond donors (Lipinski definition) is 2. The van der Waals surface area contributed by atoms with Crippen LogP contribution in [0.1, 0.15) is 5.56 Å². The number of ether oxygens (including phenoxy) is 1. The Kier molecular flexibility index (Phi) is 5.55. The van der Waals surface area contributed by atoms with E-state index in [9.17, 15) is 0 Å². The lowest BCUT2D eigenvalue weighted by atomic mass is 10.2. The number of hydrogen-bond acceptors (Lipinski definition) is 7. The van der Waals surface area contributed by atoms with Crippen LogP contribution in [0.2, 0.25) is 5.02 Å². The molecule has 2 N–H and O–H groups in total. The smallest absolute Gasteiger partial charge is 0.249 e. The molecule has 1 fully saturated rings. The van der Waals surface area contributed by atoms with Gasteiger partial charge in [-0.3, -0.25) is 0 Å². The second-order valence-electron chi connectivity index (χ2n) is 6.49. The summed E-state index contributed by atoms with van der Waals surface area (Å²) in [6.45, 7) is 5.16. The molecule has 7 nitrogen and oxygen atoms in total. The lowest BCUT2D eigenvalue weighted by Crippen LogP contribution is -2.36. The maximum Gasteiger partial charge on any atom is 0.249 e. The van der Waals surface area contributed by atoms with E-state index >= 15 is 0 Å². The third-order valence-electron chi connectivity index (χ3n) is 4.51. The minimum absolute atomic E-state index is 0.428. The van der Waals surface area contributed by atoms with Crippen molar-refractivity contribution < 1.29 is 4.74 Å². The van der Waals surface area contributed by atoms with Gasteiger partial charge in [0, 0.05) is 23.8 Å². The maximum absolute atomic E-state index is 6.03. The fourth-order valence-electron chi connectivity index (χ4n) is 3.10. The van der Waals surface area contributed by atoms with Gasteiger partial charge in [-0.2, -0.15) is 10.1 Å². The van der Waals surface area contributed by atoms with E-state index in [4.69, 9.17) is 16.3 Å². The Balaban J connectivity index is 1.54. The highest BCUT2D eigenvalue weighted by Gasteiger charge is 2.15. The van der Waals surface area contributed by atoms with Gasteiger partial charge < -0.3 is 20.3 Å². The number of benzene rings is 2. The molecule has 0 saturated carbocycles. The summed E-state index contributed by atoms with van der Waals surface area (Å²) >= 11 is 6.03. The molecule has 0 atom stereocenters. The Morgan fingerprint density at radius 1 is 1.04 bits per heavy atom. The molecule has 0 unspecified atom stereocenters. The lowest BCUT2D eigenvalue weighted by Gasteiger charge is -2.30. The Labute approximate surface area is 168 Å². The van der Waals surface area contributed by atoms with Gasteiger partial charge in [0.2, 0.25) is 5.95 Å². The second-order valence-corrected chi connectivity index (χ2v) is 6.93. The molecule has 2 aromatic carbocycles. The van der Waals surface area contributed by atoms with E-state index in [0.29, 0.717) is 16.8 Å². The highest BCUT2D eigenvalue weighted by molar-refractivity contribution is 6.30. The Bertz CT molecular complexity index is 961. The first-order chi connectivity index (χ1) is 13.7. The van der Waals surface area contributed by atoms with E-state index in [2.05, 4.69) is 36.8 Å². The highest BCUT2D eigenvalue weighted by Crippen LogP contribution is 2.29. The van der Waals surface area contributed by atoms with Gasteiger partial charge in [0.05, 0.1) is 30.8 Å². The van der Waals surface area contributed by atoms with E-state index < -0.39 is 0 Å². The summed E-state index contributed by atoms with van der Waals surface area (Å²) < 4.78 is 5.46. The molecule has 8 heteroatoms. The minimum atomic E-state index is 0.428. The number of anilines is 5. The summed E-state index contributed by atoms with van der Waals surface area (Å²) in [5.74, 6) is 1.03. The monoisotopic (exact) mass is 396 g/mol. The van der Waals surface area contributed by atoms with Crippen molar-refractivity contribution in [2.75, 3.05) is 41.8 Å². The van der Waals surface area contributed by atoms with Crippen molar-refractivity contribution in [1.82, 2.24) is 15.2 Å². The molecule has 1 aliphatic rings. The van der Waals surface area contributed by atoms with Crippen LogP contribution in [0.3, 0.4) is 0 Å². The van der Waals surface area contributed by atoms with Crippen molar-refractivity contribution >= 4 is 40.4 Å². The van der Waals surface area contributed by atoms with Crippen LogP contribution in [0.25, 0.3) is 0 Å². The fraction of sp³-hybridized carbons (Fsp3) is 0.250. The summed E-state index contributed by atoms with van der Waals surface area (Å²) in [4.78, 5) is 6.83. The quantitative estimate of drug-likeness (QED) is 0.670. The number of morpholine rings is 1. The average molecular weight is 397 g/mol. The topological polar surface area (TPSA) is 75.2 Å². The zero-order chi connectivity index (χ0) is 19.3. The van der Waals surface area contributed by atoms with Gasteiger partial charge in [-0.05, 0) is 42.8 Å². The van der Waals surface area contributed by atoms with Crippen molar-refractivity contribution in [3.63, 3.8) is 0 Å². The minimum Gasteiger partial charge on any atom is -0.378 e. The fourth-order valence-corrected chi connectivity index (χ4v) is 3.33. The Morgan fingerprint density at radius 3 is 2.68 bits per heavy atom. The van der Waals surface area contributed by atoms with Crippen LogP contribution >= 0.6 is 11.6 Å². The number of nitrogens with zero attached hydrogens (tertiary/aromatic N) is 4. The summed E-state index contributed by atoms with van der Waals surface area (Å²) in [6, 6.07) is 13.8. The van der Waals surface area contributed by atoms with Crippen LogP contribution < -0.4 is 15.5 Å². The molecule has 144 valence electrons. The first-order valence-corrected chi connectivity index (χ1v) is 9.48. The van der Waals surface area contributed by atoms with E-state index in [0.717, 1.165) is 48.9 Å². The summed E-state index contributed by atoms with van der Waals surface area (Å²) in [6.07, 6.45) is 1.59. The number of para-hydroxylation sites is 2. The summed E-state index contributed by atoms with van der Waals surface area (Å²) in [5.41, 5.74) is 3.98. The molecule has 0 aliphatic carbocycles. The Morgan fingerprint density at radius 2 is 1.86 bits per heavy atom. The normalized spacial score (nSPS) is 14.0. The molecule has 1 aromatic heterocycles. The standard InChI is InChI=1S/C20H21ClN6O/c1-14-12-15(21)6-7-16(14)23-19-13-22-26-20(25-19)24-17-4-2-3-5-18(17)27-8-10-28-11-9-27/h2-7,12-13H,8-11H2,1H3,(H2,23,24,25,26). The van der Waals surface area contributed by atoms with Gasteiger partial charge in [-0.15, -0.1) is 5.10 Å². The van der Waals surface area contributed by atoms with Gasteiger partial charge >= 0.3 is 0 Å². The predicted molar refractivity (Wildman–Crippen MR) is 112 cm³/mol. The number of rotatable bonds is 5. The molecule has 3 aromatic rings. The van der Waals surface area contributed by atoms with Crippen molar-refractivity contribution in [3.05, 3.63) is 59.2 Å². The number of aryl methyl sites for hydroxylation is 1. The third kappa shape index (κ3) is 4.32. The molecule has 0 bridgehead atoms. The zero-order valence-electron chi connectivity index (χ0n) is 15.5. The van der Waals surface area contributed by atoms with Crippen molar-refractivity contribution in [1.29, 1.82) is 0 Å². The molecule has 1 saturated heterocycles. The average Bonchev–Trinajstić information content (AvgIpc) is 2.72. The summed E-state index contributed by atoms with van der Waals surface area (Å²) in [5, 5.41) is 15.4. The van der Waals surface area contributed by atoms with Crippen LogP contribution in [0.15, 0.2) is 48.7 Å². The number of nitrogens with one attached hydrogen (secondary N) is 2. The molecular formula is C20H21ClN6O. The second kappa shape index (κ2) is 8.41. The van der Waals surface area contributed by atoms with E-state index in [1.807, 2.05) is 43.3 Å². The van der Waals surface area contributed by atoms with Crippen LogP contribution in [0.5, 0.6) is 0 Å². The third-order valence-corrected chi connectivity index (χ3v) is 4.75. The highest BCUT2D eigenvalue weighted by atomic mass is 35.5. The lowest BCUT2D eigenvalue weighted by molar-refractivity contribution is 0.123. The molecule has 0 amide bonds. The maximum atomic E-state index is 6.03. The van der Waals surface area contributed by atoms with E-state index in [1.54, 1.807) is 6.20 Å². The van der Waals surface area contributed by atoms with Crippen molar-refractivity contribution in [2.45, 2.75) is 6.92 Å². The largest absolute Gasteiger partial charge is 0.378 e. The molecule has 4 rings (SSSR count). The predicted octanol–water partition coefficient (Wildman–Crippen LogP) is 4.16. The van der Waals surface area contributed by atoms with Gasteiger partial charge in [-0.25, -0.2) is 0 Å². The number of aromatic nitrogens is 3. The van der Waals surface area contributed by atoms with Gasteiger partial charge in [-0.1, -0.05) is 23.7 Å². The van der Waals surface area contributed by atoms with Crippen molar-refractivity contribution in [3.8, 4) is 0 Å². The van der Waals surface area contributed by atoms with Crippen LogP contribution in [-0.2, 0) is 4.74 Å². The van der Waals surface area contributed by atoms with Gasteiger partial charge in [0.1, 0.15) is 0 Å². The van der Waals surface area contributed by atoms with Gasteiger partial charge in [0.15, 0.2) is 5.82 Å². The van der Waals surface area contributed by atoms with E-state index in [-0.39, 0.29) is 0 Å². The molecule has 0 spiro atoms. The molecule has 1 aliphatic heterocycles. The first-order valence-electron chi connectivity index (χ1n) is 9.11. The molecule has 2 heterocycles. The molecule has 0 radical (unpaired) electrons. The van der Waals surface area contributed by atoms with Crippen LogP contribution in [0, 0.1) is 6.92 Å². The molecular weight excluding hydrogens is 376 g/mol. The van der Waals surface area contributed by atoms with Crippen LogP contribution in [-0.4, -0.2) is 41.5 Å². The first kappa shape index (κ1) is 18.5. The van der Waals surface area contributed by atoms with Crippen molar-refractivity contribution in [2.24, 2.45) is 0 Å². The SMILES string of the molecule is Cc1cc(Cl)ccc1Nc1cnnc(Nc2ccccc2N2CCOCC2)n1. The van der Waals surface area contributed by atoms with Gasteiger partial charge in [0.25, 0.3) is 0 Å². The Hall–Kier alpha value is -2.90. The molecule has 28 heavy (non-hydrogen) atoms. The summed E-state index contributed by atoms with van der Waals surface area (Å²) in [7, 11) is 0. The number of halogens is 1.